The fraction of sp³-hybridized carbons (Fsp3) is 0.333. The summed E-state index contributed by atoms with van der Waals surface area (Å²) in [5, 5.41) is 11.1. The number of carboxylic acid groups (broad SMARTS) is 1. The number of amides is 1. The highest BCUT2D eigenvalue weighted by Crippen LogP contribution is 2.10. The molecule has 1 rings (SSSR count). The molecule has 3 N–H and O–H groups in total. The number of carbonyl (C=O) groups excluding carboxylic acids is 1. The first-order valence-electron chi connectivity index (χ1n) is 4.41. The number of hydrogen-bond acceptors (Lipinski definition) is 3. The quantitative estimate of drug-likeness (QED) is 0.741. The number of aromatic nitrogens is 1. The summed E-state index contributed by atoms with van der Waals surface area (Å²) in [6, 6.07) is 0.501. The SMILES string of the molecule is COCC(NC(=O)c1cc(Br)c[nH]1)C(=O)O. The lowest BCUT2D eigenvalue weighted by Crippen LogP contribution is -2.43. The summed E-state index contributed by atoms with van der Waals surface area (Å²) in [6.07, 6.45) is 1.58. The Labute approximate surface area is 100 Å². The predicted octanol–water partition coefficient (Wildman–Crippen LogP) is 0.607. The van der Waals surface area contributed by atoms with Gasteiger partial charge in [0.05, 0.1) is 6.61 Å². The number of rotatable bonds is 5. The van der Waals surface area contributed by atoms with Crippen LogP contribution in [0.3, 0.4) is 0 Å². The van der Waals surface area contributed by atoms with Crippen LogP contribution in [-0.4, -0.2) is 41.7 Å². The van der Waals surface area contributed by atoms with Crippen molar-refractivity contribution in [2.45, 2.75) is 6.04 Å². The van der Waals surface area contributed by atoms with E-state index in [0.29, 0.717) is 0 Å². The van der Waals surface area contributed by atoms with Crippen molar-refractivity contribution in [1.82, 2.24) is 10.3 Å². The van der Waals surface area contributed by atoms with E-state index in [1.54, 1.807) is 12.3 Å². The number of hydrogen-bond donors (Lipinski definition) is 3. The molecule has 1 heterocycles. The topological polar surface area (TPSA) is 91.4 Å². The average Bonchev–Trinajstić information content (AvgIpc) is 2.64. The molecule has 7 heteroatoms. The van der Waals surface area contributed by atoms with Crippen molar-refractivity contribution in [3.8, 4) is 0 Å². The van der Waals surface area contributed by atoms with Gasteiger partial charge in [-0.15, -0.1) is 0 Å². The minimum Gasteiger partial charge on any atom is -0.480 e. The van der Waals surface area contributed by atoms with Crippen LogP contribution in [0.1, 0.15) is 10.5 Å². The van der Waals surface area contributed by atoms with Crippen molar-refractivity contribution in [2.75, 3.05) is 13.7 Å². The molecule has 1 atom stereocenters. The van der Waals surface area contributed by atoms with Crippen molar-refractivity contribution < 1.29 is 19.4 Å². The third-order valence-corrected chi connectivity index (χ3v) is 2.29. The van der Waals surface area contributed by atoms with Crippen LogP contribution in [0, 0.1) is 0 Å². The minimum atomic E-state index is -1.14. The second kappa shape index (κ2) is 5.66. The Bertz CT molecular complexity index is 391. The van der Waals surface area contributed by atoms with Crippen LogP contribution in [0.5, 0.6) is 0 Å². The Balaban J connectivity index is 2.65. The van der Waals surface area contributed by atoms with Gasteiger partial charge in [-0.3, -0.25) is 4.79 Å². The monoisotopic (exact) mass is 290 g/mol. The van der Waals surface area contributed by atoms with Crippen molar-refractivity contribution in [1.29, 1.82) is 0 Å². The maximum atomic E-state index is 11.6. The van der Waals surface area contributed by atoms with E-state index in [1.807, 2.05) is 0 Å². The third-order valence-electron chi connectivity index (χ3n) is 1.83. The molecule has 1 aromatic heterocycles. The van der Waals surface area contributed by atoms with E-state index in [0.717, 1.165) is 4.47 Å². The van der Waals surface area contributed by atoms with E-state index in [2.05, 4.69) is 26.2 Å². The van der Waals surface area contributed by atoms with Crippen LogP contribution in [0.4, 0.5) is 0 Å². The van der Waals surface area contributed by atoms with Crippen LogP contribution < -0.4 is 5.32 Å². The first kappa shape index (κ1) is 12.7. The summed E-state index contributed by atoms with van der Waals surface area (Å²) in [5.41, 5.74) is 0.286. The molecular weight excluding hydrogens is 280 g/mol. The molecule has 0 aliphatic carbocycles. The van der Waals surface area contributed by atoms with Crippen molar-refractivity contribution in [2.24, 2.45) is 0 Å². The predicted molar refractivity (Wildman–Crippen MR) is 59.3 cm³/mol. The Morgan fingerprint density at radius 1 is 1.69 bits per heavy atom. The third kappa shape index (κ3) is 3.35. The van der Waals surface area contributed by atoms with Gasteiger partial charge >= 0.3 is 5.97 Å². The molecule has 0 bridgehead atoms. The van der Waals surface area contributed by atoms with Gasteiger partial charge in [0.2, 0.25) is 0 Å². The van der Waals surface area contributed by atoms with Gasteiger partial charge in [0.25, 0.3) is 5.91 Å². The highest BCUT2D eigenvalue weighted by molar-refractivity contribution is 9.10. The molecular formula is C9H11BrN2O4. The summed E-state index contributed by atoms with van der Waals surface area (Å²) in [6.45, 7) is -0.0804. The second-order valence-corrected chi connectivity index (χ2v) is 3.97. The van der Waals surface area contributed by atoms with Gasteiger partial charge in [-0.25, -0.2) is 4.79 Å². The number of aromatic amines is 1. The first-order valence-corrected chi connectivity index (χ1v) is 5.20. The maximum Gasteiger partial charge on any atom is 0.328 e. The van der Waals surface area contributed by atoms with Crippen LogP contribution in [-0.2, 0) is 9.53 Å². The Kier molecular flexibility index (Phi) is 4.51. The molecule has 0 aliphatic heterocycles. The van der Waals surface area contributed by atoms with Gasteiger partial charge in [0, 0.05) is 17.8 Å². The first-order chi connectivity index (χ1) is 7.54. The molecule has 0 saturated heterocycles. The highest BCUT2D eigenvalue weighted by atomic mass is 79.9. The molecule has 0 spiro atoms. The molecule has 0 radical (unpaired) electrons. The molecule has 0 aliphatic rings. The number of halogens is 1. The molecule has 0 saturated carbocycles. The van der Waals surface area contributed by atoms with Crippen LogP contribution >= 0.6 is 15.9 Å². The van der Waals surface area contributed by atoms with E-state index in [-0.39, 0.29) is 12.3 Å². The summed E-state index contributed by atoms with van der Waals surface area (Å²) in [7, 11) is 1.37. The summed E-state index contributed by atoms with van der Waals surface area (Å²) < 4.78 is 5.41. The summed E-state index contributed by atoms with van der Waals surface area (Å²) in [4.78, 5) is 25.0. The largest absolute Gasteiger partial charge is 0.480 e. The highest BCUT2D eigenvalue weighted by Gasteiger charge is 2.20. The van der Waals surface area contributed by atoms with Gasteiger partial charge in [-0.1, -0.05) is 0 Å². The van der Waals surface area contributed by atoms with E-state index >= 15 is 0 Å². The number of aliphatic carboxylic acids is 1. The number of ether oxygens (including phenoxy) is 1. The number of nitrogens with one attached hydrogen (secondary N) is 2. The minimum absolute atomic E-state index is 0.0804. The Hall–Kier alpha value is -1.34. The molecule has 88 valence electrons. The lowest BCUT2D eigenvalue weighted by molar-refractivity contribution is -0.140. The Morgan fingerprint density at radius 2 is 2.38 bits per heavy atom. The lowest BCUT2D eigenvalue weighted by atomic mass is 10.3. The van der Waals surface area contributed by atoms with Gasteiger partial charge in [0.15, 0.2) is 6.04 Å². The van der Waals surface area contributed by atoms with E-state index in [9.17, 15) is 9.59 Å². The normalized spacial score (nSPS) is 12.1. The lowest BCUT2D eigenvalue weighted by Gasteiger charge is -2.12. The van der Waals surface area contributed by atoms with Gasteiger partial charge in [0.1, 0.15) is 5.69 Å². The number of carboxylic acids is 1. The van der Waals surface area contributed by atoms with E-state index in [4.69, 9.17) is 9.84 Å². The molecule has 0 fully saturated rings. The fourth-order valence-corrected chi connectivity index (χ4v) is 1.42. The van der Waals surface area contributed by atoms with Crippen LogP contribution in [0.25, 0.3) is 0 Å². The summed E-state index contributed by atoms with van der Waals surface area (Å²) >= 11 is 3.17. The fourth-order valence-electron chi connectivity index (χ4n) is 1.08. The molecule has 1 aromatic rings. The zero-order valence-electron chi connectivity index (χ0n) is 8.49. The second-order valence-electron chi connectivity index (χ2n) is 3.05. The molecule has 1 amide bonds. The van der Waals surface area contributed by atoms with Gasteiger partial charge in [-0.05, 0) is 22.0 Å². The smallest absolute Gasteiger partial charge is 0.328 e. The van der Waals surface area contributed by atoms with Crippen molar-refractivity contribution in [3.05, 3.63) is 22.4 Å². The van der Waals surface area contributed by atoms with Crippen LogP contribution in [0.15, 0.2) is 16.7 Å². The zero-order valence-corrected chi connectivity index (χ0v) is 10.1. The number of methoxy groups -OCH3 is 1. The summed E-state index contributed by atoms with van der Waals surface area (Å²) in [5.74, 6) is -1.63. The maximum absolute atomic E-state index is 11.6. The molecule has 16 heavy (non-hydrogen) atoms. The molecule has 0 aromatic carbocycles. The molecule has 1 unspecified atom stereocenters. The Morgan fingerprint density at radius 3 is 2.81 bits per heavy atom. The van der Waals surface area contributed by atoms with E-state index in [1.165, 1.54) is 7.11 Å². The standard InChI is InChI=1S/C9H11BrN2O4/c1-16-4-7(9(14)15)12-8(13)6-2-5(10)3-11-6/h2-3,7,11H,4H2,1H3,(H,12,13)(H,14,15). The molecule has 6 nitrogen and oxygen atoms in total. The van der Waals surface area contributed by atoms with Crippen molar-refractivity contribution in [3.63, 3.8) is 0 Å². The average molecular weight is 291 g/mol. The zero-order chi connectivity index (χ0) is 12.1. The van der Waals surface area contributed by atoms with Gasteiger partial charge < -0.3 is 20.1 Å². The number of carbonyl (C=O) groups is 2. The van der Waals surface area contributed by atoms with E-state index < -0.39 is 17.9 Å². The van der Waals surface area contributed by atoms with Crippen molar-refractivity contribution >= 4 is 27.8 Å². The van der Waals surface area contributed by atoms with Crippen LogP contribution in [0.2, 0.25) is 0 Å². The van der Waals surface area contributed by atoms with Gasteiger partial charge in [-0.2, -0.15) is 0 Å². The number of H-pyrrole nitrogens is 1.